The lowest BCUT2D eigenvalue weighted by molar-refractivity contribution is 0.305. The predicted molar refractivity (Wildman–Crippen MR) is 107 cm³/mol. The zero-order valence-corrected chi connectivity index (χ0v) is 15.2. The molecule has 2 atom stereocenters. The maximum atomic E-state index is 6.04. The molecule has 0 aromatic heterocycles. The second-order valence-corrected chi connectivity index (χ2v) is 6.96. The predicted octanol–water partition coefficient (Wildman–Crippen LogP) is 4.93. The lowest BCUT2D eigenvalue weighted by atomic mass is 9.75. The molecule has 0 saturated carbocycles. The van der Waals surface area contributed by atoms with E-state index >= 15 is 0 Å². The molecular formula is C24H25NO. The van der Waals surface area contributed by atoms with E-state index in [9.17, 15) is 0 Å². The minimum Gasteiger partial charge on any atom is -0.489 e. The SMILES string of the molecule is CN[C@H]1CCc2cc(OCc3ccccc3)ccc2[C@H]1c1ccccc1. The summed E-state index contributed by atoms with van der Waals surface area (Å²) in [6, 6.07) is 28.2. The molecule has 26 heavy (non-hydrogen) atoms. The number of hydrogen-bond acceptors (Lipinski definition) is 2. The van der Waals surface area contributed by atoms with E-state index in [0.717, 1.165) is 18.6 Å². The Morgan fingerprint density at radius 3 is 2.38 bits per heavy atom. The molecule has 0 radical (unpaired) electrons. The zero-order valence-electron chi connectivity index (χ0n) is 15.2. The van der Waals surface area contributed by atoms with Crippen molar-refractivity contribution in [3.05, 3.63) is 101 Å². The van der Waals surface area contributed by atoms with Crippen LogP contribution in [0.15, 0.2) is 78.9 Å². The Kier molecular flexibility index (Phi) is 5.03. The van der Waals surface area contributed by atoms with Gasteiger partial charge in [0.25, 0.3) is 0 Å². The van der Waals surface area contributed by atoms with Gasteiger partial charge in [0.15, 0.2) is 0 Å². The third-order valence-corrected chi connectivity index (χ3v) is 5.35. The van der Waals surface area contributed by atoms with Gasteiger partial charge in [0, 0.05) is 12.0 Å². The summed E-state index contributed by atoms with van der Waals surface area (Å²) in [5.74, 6) is 1.36. The summed E-state index contributed by atoms with van der Waals surface area (Å²) in [4.78, 5) is 0. The smallest absolute Gasteiger partial charge is 0.120 e. The van der Waals surface area contributed by atoms with Gasteiger partial charge in [-0.1, -0.05) is 66.7 Å². The van der Waals surface area contributed by atoms with Gasteiger partial charge in [0.2, 0.25) is 0 Å². The van der Waals surface area contributed by atoms with Gasteiger partial charge in [-0.25, -0.2) is 0 Å². The number of hydrogen-bond donors (Lipinski definition) is 1. The van der Waals surface area contributed by atoms with Crippen LogP contribution in [-0.4, -0.2) is 13.1 Å². The number of nitrogens with one attached hydrogen (secondary N) is 1. The van der Waals surface area contributed by atoms with Gasteiger partial charge in [-0.2, -0.15) is 0 Å². The van der Waals surface area contributed by atoms with Gasteiger partial charge in [-0.15, -0.1) is 0 Å². The van der Waals surface area contributed by atoms with Crippen LogP contribution in [0.2, 0.25) is 0 Å². The van der Waals surface area contributed by atoms with Crippen LogP contribution in [0.1, 0.15) is 34.6 Å². The van der Waals surface area contributed by atoms with Crippen molar-refractivity contribution in [2.24, 2.45) is 0 Å². The quantitative estimate of drug-likeness (QED) is 0.709. The zero-order chi connectivity index (χ0) is 17.8. The highest BCUT2D eigenvalue weighted by Crippen LogP contribution is 2.38. The van der Waals surface area contributed by atoms with Crippen molar-refractivity contribution in [3.8, 4) is 5.75 Å². The van der Waals surface area contributed by atoms with Crippen molar-refractivity contribution < 1.29 is 4.74 Å². The first-order valence-corrected chi connectivity index (χ1v) is 9.37. The summed E-state index contributed by atoms with van der Waals surface area (Å²) in [6.45, 7) is 0.612. The summed E-state index contributed by atoms with van der Waals surface area (Å²) in [7, 11) is 2.07. The third-order valence-electron chi connectivity index (χ3n) is 5.35. The number of rotatable bonds is 5. The van der Waals surface area contributed by atoms with Crippen LogP contribution >= 0.6 is 0 Å². The highest BCUT2D eigenvalue weighted by molar-refractivity contribution is 5.45. The lowest BCUT2D eigenvalue weighted by Crippen LogP contribution is -2.36. The molecule has 2 nitrogen and oxygen atoms in total. The van der Waals surface area contributed by atoms with Gasteiger partial charge in [0.05, 0.1) is 0 Å². The number of fused-ring (bicyclic) bond motifs is 1. The van der Waals surface area contributed by atoms with E-state index in [4.69, 9.17) is 4.74 Å². The van der Waals surface area contributed by atoms with E-state index in [1.807, 2.05) is 18.2 Å². The molecule has 2 heteroatoms. The fourth-order valence-corrected chi connectivity index (χ4v) is 4.01. The summed E-state index contributed by atoms with van der Waals surface area (Å²) in [6.07, 6.45) is 2.23. The Morgan fingerprint density at radius 1 is 0.923 bits per heavy atom. The van der Waals surface area contributed by atoms with E-state index < -0.39 is 0 Å². The molecule has 0 amide bonds. The van der Waals surface area contributed by atoms with E-state index in [2.05, 4.69) is 73.0 Å². The molecule has 1 N–H and O–H groups in total. The van der Waals surface area contributed by atoms with Crippen LogP contribution in [-0.2, 0) is 13.0 Å². The van der Waals surface area contributed by atoms with Gasteiger partial charge >= 0.3 is 0 Å². The summed E-state index contributed by atoms with van der Waals surface area (Å²) in [5.41, 5.74) is 5.41. The number of likely N-dealkylation sites (N-methyl/N-ethyl adjacent to an activating group) is 1. The first kappa shape index (κ1) is 16.9. The van der Waals surface area contributed by atoms with Crippen molar-refractivity contribution in [1.29, 1.82) is 0 Å². The Bertz CT molecular complexity index is 845. The number of ether oxygens (including phenoxy) is 1. The van der Waals surface area contributed by atoms with E-state index in [0.29, 0.717) is 18.6 Å². The van der Waals surface area contributed by atoms with Gasteiger partial charge < -0.3 is 10.1 Å². The molecule has 3 aromatic rings. The molecule has 0 saturated heterocycles. The van der Waals surface area contributed by atoms with Crippen molar-refractivity contribution in [3.63, 3.8) is 0 Å². The molecule has 0 fully saturated rings. The molecule has 0 bridgehead atoms. The molecule has 4 rings (SSSR count). The average molecular weight is 343 g/mol. The lowest BCUT2D eigenvalue weighted by Gasteiger charge is -2.34. The first-order chi connectivity index (χ1) is 12.8. The number of aryl methyl sites for hydroxylation is 1. The van der Waals surface area contributed by atoms with Crippen molar-refractivity contribution in [2.75, 3.05) is 7.05 Å². The van der Waals surface area contributed by atoms with E-state index in [1.165, 1.54) is 22.3 Å². The monoisotopic (exact) mass is 343 g/mol. The first-order valence-electron chi connectivity index (χ1n) is 9.37. The van der Waals surface area contributed by atoms with Gasteiger partial charge in [0.1, 0.15) is 12.4 Å². The minimum absolute atomic E-state index is 0.396. The normalized spacial score (nSPS) is 19.0. The van der Waals surface area contributed by atoms with Gasteiger partial charge in [-0.05, 0) is 54.3 Å². The second-order valence-electron chi connectivity index (χ2n) is 6.96. The third kappa shape index (κ3) is 3.51. The molecular weight excluding hydrogens is 318 g/mol. The van der Waals surface area contributed by atoms with E-state index in [1.54, 1.807) is 0 Å². The summed E-state index contributed by atoms with van der Waals surface area (Å²) < 4.78 is 6.04. The Labute approximate surface area is 155 Å². The van der Waals surface area contributed by atoms with Crippen LogP contribution in [0.4, 0.5) is 0 Å². The molecule has 0 unspecified atom stereocenters. The molecule has 1 aliphatic carbocycles. The average Bonchev–Trinajstić information content (AvgIpc) is 2.72. The van der Waals surface area contributed by atoms with Crippen molar-refractivity contribution in [2.45, 2.75) is 31.4 Å². The highest BCUT2D eigenvalue weighted by atomic mass is 16.5. The highest BCUT2D eigenvalue weighted by Gasteiger charge is 2.29. The minimum atomic E-state index is 0.396. The standard InChI is InChI=1S/C24H25NO/c1-25-23-15-12-20-16-21(26-17-18-8-4-2-5-9-18)13-14-22(20)24(23)19-10-6-3-7-11-19/h2-11,13-14,16,23-25H,12,15,17H2,1H3/t23-,24+/m0/s1. The van der Waals surface area contributed by atoms with Gasteiger partial charge in [-0.3, -0.25) is 0 Å². The van der Waals surface area contributed by atoms with Crippen LogP contribution in [0.3, 0.4) is 0 Å². The Hall–Kier alpha value is -2.58. The molecule has 0 heterocycles. The maximum absolute atomic E-state index is 6.04. The van der Waals surface area contributed by atoms with E-state index in [-0.39, 0.29) is 0 Å². The summed E-state index contributed by atoms with van der Waals surface area (Å²) in [5, 5.41) is 3.52. The van der Waals surface area contributed by atoms with Crippen molar-refractivity contribution >= 4 is 0 Å². The molecule has 1 aliphatic rings. The summed E-state index contributed by atoms with van der Waals surface area (Å²) >= 11 is 0. The largest absolute Gasteiger partial charge is 0.489 e. The Morgan fingerprint density at radius 2 is 1.65 bits per heavy atom. The van der Waals surface area contributed by atoms with Crippen LogP contribution in [0, 0.1) is 0 Å². The fraction of sp³-hybridized carbons (Fsp3) is 0.250. The fourth-order valence-electron chi connectivity index (χ4n) is 4.01. The second kappa shape index (κ2) is 7.76. The van der Waals surface area contributed by atoms with Crippen molar-refractivity contribution in [1.82, 2.24) is 5.32 Å². The Balaban J connectivity index is 1.59. The molecule has 132 valence electrons. The molecule has 0 aliphatic heterocycles. The number of benzene rings is 3. The molecule has 3 aromatic carbocycles. The maximum Gasteiger partial charge on any atom is 0.120 e. The van der Waals surface area contributed by atoms with Crippen LogP contribution in [0.25, 0.3) is 0 Å². The van der Waals surface area contributed by atoms with Crippen LogP contribution < -0.4 is 10.1 Å². The van der Waals surface area contributed by atoms with Crippen LogP contribution in [0.5, 0.6) is 5.75 Å². The topological polar surface area (TPSA) is 21.3 Å². The molecule has 0 spiro atoms.